The zero-order valence-corrected chi connectivity index (χ0v) is 16.1. The Balaban J connectivity index is 1.60. The maximum atomic E-state index is 6.14. The number of ether oxygens (including phenoxy) is 2. The fourth-order valence-electron chi connectivity index (χ4n) is 3.37. The fourth-order valence-corrected chi connectivity index (χ4v) is 4.26. The molecule has 1 unspecified atom stereocenters. The van der Waals surface area contributed by atoms with Crippen molar-refractivity contribution in [2.24, 2.45) is 0 Å². The Labute approximate surface area is 158 Å². The summed E-state index contributed by atoms with van der Waals surface area (Å²) in [4.78, 5) is 2.19. The minimum Gasteiger partial charge on any atom is -0.439 e. The van der Waals surface area contributed by atoms with E-state index in [9.17, 15) is 0 Å². The van der Waals surface area contributed by atoms with Gasteiger partial charge in [-0.25, -0.2) is 0 Å². The third kappa shape index (κ3) is 2.97. The molecule has 4 rings (SSSR count). The average molecular weight is 367 g/mol. The molecule has 1 atom stereocenters. The standard InChI is InChI=1S/C21H23N2O2S/c1-4-22-16-9-6-7-10-17(16)24-19(22)13-15(3)14-20-23(5-2)21-18(25-20)11-8-12-26-21/h6-14,20H,4-5H2,1-3H3/q+1. The fraction of sp³-hybridized carbons (Fsp3) is 0.286. The smallest absolute Gasteiger partial charge is 0.318 e. The van der Waals surface area contributed by atoms with Gasteiger partial charge in [0.25, 0.3) is 5.04 Å². The lowest BCUT2D eigenvalue weighted by Crippen LogP contribution is -2.23. The Morgan fingerprint density at radius 1 is 1.31 bits per heavy atom. The quantitative estimate of drug-likeness (QED) is 0.725. The molecule has 26 heavy (non-hydrogen) atoms. The number of thioether (sulfide) groups is 1. The number of hydrogen-bond donors (Lipinski definition) is 0. The number of para-hydroxylation sites is 2. The summed E-state index contributed by atoms with van der Waals surface area (Å²) in [6.45, 7) is 8.15. The third-order valence-corrected chi connectivity index (χ3v) is 5.53. The van der Waals surface area contributed by atoms with Crippen LogP contribution in [0.15, 0.2) is 71.2 Å². The first-order valence-corrected chi connectivity index (χ1v) is 9.88. The zero-order chi connectivity index (χ0) is 18.1. The van der Waals surface area contributed by atoms with Crippen LogP contribution in [0.25, 0.3) is 0 Å². The minimum absolute atomic E-state index is 0.0793. The molecule has 3 aliphatic rings. The van der Waals surface area contributed by atoms with Crippen molar-refractivity contribution in [1.29, 1.82) is 0 Å². The van der Waals surface area contributed by atoms with Gasteiger partial charge in [0.1, 0.15) is 6.54 Å². The Hall–Kier alpha value is -2.40. The number of allylic oxidation sites excluding steroid dienone is 4. The molecule has 0 aliphatic carbocycles. The molecule has 4 nitrogen and oxygen atoms in total. The van der Waals surface area contributed by atoms with Gasteiger partial charge in [-0.2, -0.15) is 4.58 Å². The summed E-state index contributed by atoms with van der Waals surface area (Å²) >= 11 is 1.72. The molecule has 5 heteroatoms. The van der Waals surface area contributed by atoms with Crippen molar-refractivity contribution in [2.75, 3.05) is 18.0 Å². The molecule has 0 radical (unpaired) electrons. The molecule has 1 aromatic rings. The van der Waals surface area contributed by atoms with E-state index < -0.39 is 0 Å². The van der Waals surface area contributed by atoms with Gasteiger partial charge in [-0.3, -0.25) is 0 Å². The molecular weight excluding hydrogens is 344 g/mol. The maximum Gasteiger partial charge on any atom is 0.318 e. The lowest BCUT2D eigenvalue weighted by molar-refractivity contribution is -0.576. The monoisotopic (exact) mass is 367 g/mol. The second-order valence-corrected chi connectivity index (χ2v) is 7.18. The van der Waals surface area contributed by atoms with Crippen LogP contribution in [-0.2, 0) is 4.74 Å². The van der Waals surface area contributed by atoms with Crippen molar-refractivity contribution in [1.82, 2.24) is 0 Å². The highest BCUT2D eigenvalue weighted by molar-refractivity contribution is 8.16. The lowest BCUT2D eigenvalue weighted by atomic mass is 10.2. The Kier molecular flexibility index (Phi) is 4.64. The summed E-state index contributed by atoms with van der Waals surface area (Å²) in [7, 11) is 0. The van der Waals surface area contributed by atoms with Gasteiger partial charge in [0.05, 0.1) is 5.69 Å². The van der Waals surface area contributed by atoms with Crippen molar-refractivity contribution in [3.63, 3.8) is 0 Å². The lowest BCUT2D eigenvalue weighted by Gasteiger charge is -2.15. The van der Waals surface area contributed by atoms with E-state index in [4.69, 9.17) is 9.47 Å². The van der Waals surface area contributed by atoms with E-state index in [0.29, 0.717) is 0 Å². The van der Waals surface area contributed by atoms with Crippen molar-refractivity contribution in [3.8, 4) is 5.75 Å². The van der Waals surface area contributed by atoms with Crippen LogP contribution >= 0.6 is 11.8 Å². The molecule has 134 valence electrons. The summed E-state index contributed by atoms with van der Waals surface area (Å²) in [6.07, 6.45) is 8.23. The van der Waals surface area contributed by atoms with Gasteiger partial charge in [-0.1, -0.05) is 18.2 Å². The molecule has 3 heterocycles. The summed E-state index contributed by atoms with van der Waals surface area (Å²) in [6, 6.07) is 8.15. The van der Waals surface area contributed by atoms with Crippen molar-refractivity contribution in [3.05, 3.63) is 71.2 Å². The van der Waals surface area contributed by atoms with Gasteiger partial charge in [-0.05, 0) is 61.7 Å². The van der Waals surface area contributed by atoms with Crippen molar-refractivity contribution >= 4 is 22.5 Å². The van der Waals surface area contributed by atoms with E-state index in [1.165, 1.54) is 5.04 Å². The molecule has 3 aliphatic heterocycles. The molecule has 0 amide bonds. The molecule has 0 N–H and O–H groups in total. The molecular formula is C21H23N2O2S+. The average Bonchev–Trinajstić information content (AvgIpc) is 3.17. The minimum atomic E-state index is -0.0793. The Morgan fingerprint density at radius 3 is 2.96 bits per heavy atom. The van der Waals surface area contributed by atoms with E-state index in [0.717, 1.165) is 41.7 Å². The predicted molar refractivity (Wildman–Crippen MR) is 107 cm³/mol. The second kappa shape index (κ2) is 7.08. The number of likely N-dealkylation sites (N-methyl/N-ethyl adjacent to an activating group) is 1. The van der Waals surface area contributed by atoms with E-state index in [-0.39, 0.29) is 6.23 Å². The van der Waals surface area contributed by atoms with Crippen LogP contribution in [0, 0.1) is 0 Å². The molecule has 0 aromatic heterocycles. The van der Waals surface area contributed by atoms with Crippen LogP contribution in [0.4, 0.5) is 5.69 Å². The predicted octanol–water partition coefficient (Wildman–Crippen LogP) is 4.62. The number of nitrogens with zero attached hydrogens (tertiary/aromatic N) is 2. The molecule has 0 fully saturated rings. The summed E-state index contributed by atoms with van der Waals surface area (Å²) in [5, 5.41) is 3.28. The number of benzene rings is 1. The topological polar surface area (TPSA) is 24.7 Å². The highest BCUT2D eigenvalue weighted by Crippen LogP contribution is 2.38. The van der Waals surface area contributed by atoms with Gasteiger partial charge in [-0.15, -0.1) is 0 Å². The highest BCUT2D eigenvalue weighted by atomic mass is 32.2. The molecule has 0 spiro atoms. The molecule has 0 saturated carbocycles. The number of fused-ring (bicyclic) bond motifs is 2. The maximum absolute atomic E-state index is 6.14. The van der Waals surface area contributed by atoms with Gasteiger partial charge < -0.3 is 14.4 Å². The summed E-state index contributed by atoms with van der Waals surface area (Å²) < 4.78 is 14.5. The Morgan fingerprint density at radius 2 is 2.15 bits per heavy atom. The van der Waals surface area contributed by atoms with Gasteiger partial charge in [0.2, 0.25) is 11.6 Å². The number of anilines is 1. The Bertz CT molecular complexity index is 880. The van der Waals surface area contributed by atoms with Crippen LogP contribution in [-0.4, -0.2) is 28.9 Å². The van der Waals surface area contributed by atoms with Crippen molar-refractivity contribution < 1.29 is 14.0 Å². The van der Waals surface area contributed by atoms with E-state index >= 15 is 0 Å². The number of hydrogen-bond acceptors (Lipinski definition) is 4. The largest absolute Gasteiger partial charge is 0.439 e. The first kappa shape index (κ1) is 17.0. The van der Waals surface area contributed by atoms with Gasteiger partial charge in [0, 0.05) is 18.7 Å². The third-order valence-electron chi connectivity index (χ3n) is 4.58. The van der Waals surface area contributed by atoms with Crippen LogP contribution in [0.1, 0.15) is 20.8 Å². The van der Waals surface area contributed by atoms with Crippen LogP contribution in [0.3, 0.4) is 0 Å². The highest BCUT2D eigenvalue weighted by Gasteiger charge is 2.37. The van der Waals surface area contributed by atoms with Gasteiger partial charge >= 0.3 is 6.23 Å². The van der Waals surface area contributed by atoms with Crippen LogP contribution < -0.4 is 9.64 Å². The normalized spacial score (nSPS) is 23.0. The van der Waals surface area contributed by atoms with Crippen molar-refractivity contribution in [2.45, 2.75) is 27.0 Å². The van der Waals surface area contributed by atoms with Gasteiger partial charge in [0.15, 0.2) is 5.75 Å². The number of rotatable bonds is 4. The molecule has 1 aromatic carbocycles. The molecule has 0 saturated heterocycles. The zero-order valence-electron chi connectivity index (χ0n) is 15.3. The second-order valence-electron chi connectivity index (χ2n) is 6.28. The molecule has 0 bridgehead atoms. The summed E-state index contributed by atoms with van der Waals surface area (Å²) in [5.74, 6) is 2.74. The van der Waals surface area contributed by atoms with Crippen LogP contribution in [0.5, 0.6) is 5.75 Å². The van der Waals surface area contributed by atoms with Crippen LogP contribution in [0.2, 0.25) is 0 Å². The summed E-state index contributed by atoms with van der Waals surface area (Å²) in [5.41, 5.74) is 2.24. The van der Waals surface area contributed by atoms with E-state index in [2.05, 4.69) is 53.9 Å². The first-order chi connectivity index (χ1) is 12.7. The van der Waals surface area contributed by atoms with E-state index in [1.807, 2.05) is 30.4 Å². The first-order valence-electron chi connectivity index (χ1n) is 9.00. The SMILES string of the molecule is CCN1C(=CC(C)=CC2OC3=CC=CSC3=[N+]2CC)Oc2ccccc21. The van der Waals surface area contributed by atoms with E-state index in [1.54, 1.807) is 11.8 Å².